The van der Waals surface area contributed by atoms with E-state index >= 15 is 0 Å². The second-order valence-electron chi connectivity index (χ2n) is 4.68. The fourth-order valence-corrected chi connectivity index (χ4v) is 1.43. The standard InChI is InChI=1S/2C8H10.C4H10.2C2H6/c2*1-2-8-6-4-3-5-7-8;1-3-4-2;2*1-2/h2*3-7H,2H2,1H3;3-4H2,1-2H3;2*1-2H3. The summed E-state index contributed by atoms with van der Waals surface area (Å²) in [5.74, 6) is 0. The van der Waals surface area contributed by atoms with E-state index in [4.69, 9.17) is 0 Å². The zero-order valence-corrected chi connectivity index (χ0v) is 17.6. The molecule has 0 aliphatic heterocycles. The minimum Gasteiger partial charge on any atom is -0.0683 e. The van der Waals surface area contributed by atoms with Crippen molar-refractivity contribution >= 4 is 0 Å². The maximum Gasteiger partial charge on any atom is -0.0307 e. The molecule has 0 fully saturated rings. The molecular weight excluding hydrogens is 288 g/mol. The summed E-state index contributed by atoms with van der Waals surface area (Å²) in [5, 5.41) is 0. The summed E-state index contributed by atoms with van der Waals surface area (Å²) < 4.78 is 0. The molecule has 0 aromatic heterocycles. The van der Waals surface area contributed by atoms with Crippen molar-refractivity contribution in [1.29, 1.82) is 0 Å². The maximum absolute atomic E-state index is 2.18. The minimum atomic E-state index is 1.14. The van der Waals surface area contributed by atoms with Gasteiger partial charge in [0.05, 0.1) is 0 Å². The van der Waals surface area contributed by atoms with Crippen LogP contribution >= 0.6 is 0 Å². The first-order valence-electron chi connectivity index (χ1n) is 9.86. The molecule has 0 nitrogen and oxygen atoms in total. The zero-order chi connectivity index (χ0) is 19.1. The number of hydrogen-bond donors (Lipinski definition) is 0. The van der Waals surface area contributed by atoms with E-state index in [0.29, 0.717) is 0 Å². The normalized spacial score (nSPS) is 7.83. The average molecular weight is 331 g/mol. The Bertz CT molecular complexity index is 347. The summed E-state index contributed by atoms with van der Waals surface area (Å²) in [6.07, 6.45) is 4.92. The van der Waals surface area contributed by atoms with Crippen molar-refractivity contribution in [3.05, 3.63) is 71.8 Å². The average Bonchev–Trinajstić information content (AvgIpc) is 2.73. The minimum absolute atomic E-state index is 1.14. The fraction of sp³-hybridized carbons (Fsp3) is 0.500. The van der Waals surface area contributed by atoms with Crippen LogP contribution in [0.4, 0.5) is 0 Å². The van der Waals surface area contributed by atoms with Gasteiger partial charge in [-0.2, -0.15) is 0 Å². The van der Waals surface area contributed by atoms with E-state index in [1.807, 2.05) is 39.8 Å². The molecule has 0 amide bonds. The maximum atomic E-state index is 2.18. The van der Waals surface area contributed by atoms with Crippen LogP contribution in [0, 0.1) is 0 Å². The van der Waals surface area contributed by atoms with Gasteiger partial charge in [0.1, 0.15) is 0 Å². The van der Waals surface area contributed by atoms with Crippen LogP contribution in [0.3, 0.4) is 0 Å². The van der Waals surface area contributed by atoms with Crippen molar-refractivity contribution in [3.8, 4) is 0 Å². The predicted octanol–water partition coefficient (Wildman–Crippen LogP) is 8.36. The van der Waals surface area contributed by atoms with Gasteiger partial charge in [0.15, 0.2) is 0 Å². The molecule has 0 saturated carbocycles. The van der Waals surface area contributed by atoms with Crippen LogP contribution in [0.15, 0.2) is 60.7 Å². The van der Waals surface area contributed by atoms with Crippen molar-refractivity contribution in [2.75, 3.05) is 0 Å². The lowest BCUT2D eigenvalue weighted by atomic mass is 10.2. The quantitative estimate of drug-likeness (QED) is 0.530. The number of rotatable bonds is 3. The summed E-state index contributed by atoms with van der Waals surface area (Å²) in [7, 11) is 0. The van der Waals surface area contributed by atoms with E-state index < -0.39 is 0 Å². The highest BCUT2D eigenvalue weighted by molar-refractivity contribution is 5.14. The molecule has 0 bridgehead atoms. The summed E-state index contributed by atoms with van der Waals surface area (Å²) in [5.41, 5.74) is 2.82. The molecule has 0 spiro atoms. The van der Waals surface area contributed by atoms with Crippen LogP contribution in [0.1, 0.15) is 79.4 Å². The van der Waals surface area contributed by atoms with Gasteiger partial charge < -0.3 is 0 Å². The third-order valence-electron chi connectivity index (χ3n) is 3.00. The van der Waals surface area contributed by atoms with Crippen LogP contribution in [0.25, 0.3) is 0 Å². The van der Waals surface area contributed by atoms with Gasteiger partial charge in [-0.15, -0.1) is 0 Å². The first-order chi connectivity index (χ1) is 11.8. The smallest absolute Gasteiger partial charge is 0.0307 e. The van der Waals surface area contributed by atoms with Gasteiger partial charge in [-0.3, -0.25) is 0 Å². The van der Waals surface area contributed by atoms with Crippen LogP contribution in [-0.2, 0) is 12.8 Å². The number of benzene rings is 2. The monoisotopic (exact) mass is 330 g/mol. The van der Waals surface area contributed by atoms with Gasteiger partial charge in [-0.1, -0.05) is 129 Å². The summed E-state index contributed by atoms with van der Waals surface area (Å²) in [6.45, 7) is 16.7. The topological polar surface area (TPSA) is 0 Å². The first kappa shape index (κ1) is 27.3. The first-order valence-corrected chi connectivity index (χ1v) is 9.86. The molecule has 0 aliphatic carbocycles. The molecule has 2 aromatic rings. The highest BCUT2D eigenvalue weighted by atomic mass is 13.9. The SMILES string of the molecule is CC.CC.CCCC.CCc1ccccc1.CCc1ccccc1. The molecule has 2 rings (SSSR count). The van der Waals surface area contributed by atoms with E-state index in [2.05, 4.69) is 76.2 Å². The number of hydrogen-bond acceptors (Lipinski definition) is 0. The molecule has 0 N–H and O–H groups in total. The summed E-state index contributed by atoms with van der Waals surface area (Å²) in [6, 6.07) is 20.9. The Morgan fingerprint density at radius 1 is 0.458 bits per heavy atom. The molecule has 0 radical (unpaired) electrons. The molecular formula is C24H42. The van der Waals surface area contributed by atoms with Gasteiger partial charge >= 0.3 is 0 Å². The molecule has 24 heavy (non-hydrogen) atoms. The Balaban J connectivity index is -0.000000261. The van der Waals surface area contributed by atoms with Gasteiger partial charge in [0.2, 0.25) is 0 Å². The Kier molecular flexibility index (Phi) is 30.0. The lowest BCUT2D eigenvalue weighted by Gasteiger charge is -1.89. The molecule has 0 heteroatoms. The molecule has 0 unspecified atom stereocenters. The van der Waals surface area contributed by atoms with Crippen LogP contribution < -0.4 is 0 Å². The number of unbranched alkanes of at least 4 members (excludes halogenated alkanes) is 1. The Morgan fingerprint density at radius 2 is 0.708 bits per heavy atom. The molecule has 0 heterocycles. The second-order valence-corrected chi connectivity index (χ2v) is 4.68. The largest absolute Gasteiger partial charge is 0.0683 e. The van der Waals surface area contributed by atoms with Crippen molar-refractivity contribution in [2.45, 2.75) is 81.1 Å². The van der Waals surface area contributed by atoms with Gasteiger partial charge in [0.25, 0.3) is 0 Å². The van der Waals surface area contributed by atoms with Crippen LogP contribution in [0.2, 0.25) is 0 Å². The van der Waals surface area contributed by atoms with Gasteiger partial charge in [0, 0.05) is 0 Å². The summed E-state index contributed by atoms with van der Waals surface area (Å²) in [4.78, 5) is 0. The van der Waals surface area contributed by atoms with E-state index in [-0.39, 0.29) is 0 Å². The second kappa shape index (κ2) is 26.3. The Labute approximate surface area is 153 Å². The molecule has 0 atom stereocenters. The van der Waals surface area contributed by atoms with Gasteiger partial charge in [-0.25, -0.2) is 0 Å². The summed E-state index contributed by atoms with van der Waals surface area (Å²) >= 11 is 0. The van der Waals surface area contributed by atoms with Crippen molar-refractivity contribution < 1.29 is 0 Å². The van der Waals surface area contributed by atoms with E-state index in [1.54, 1.807) is 0 Å². The third-order valence-corrected chi connectivity index (χ3v) is 3.00. The van der Waals surface area contributed by atoms with Crippen LogP contribution in [0.5, 0.6) is 0 Å². The van der Waals surface area contributed by atoms with Crippen molar-refractivity contribution in [2.24, 2.45) is 0 Å². The van der Waals surface area contributed by atoms with Crippen molar-refractivity contribution in [3.63, 3.8) is 0 Å². The van der Waals surface area contributed by atoms with Crippen molar-refractivity contribution in [1.82, 2.24) is 0 Å². The Hall–Kier alpha value is -1.56. The van der Waals surface area contributed by atoms with E-state index in [0.717, 1.165) is 12.8 Å². The van der Waals surface area contributed by atoms with E-state index in [1.165, 1.54) is 24.0 Å². The van der Waals surface area contributed by atoms with Gasteiger partial charge in [-0.05, 0) is 24.0 Å². The fourth-order valence-electron chi connectivity index (χ4n) is 1.43. The lowest BCUT2D eigenvalue weighted by molar-refractivity contribution is 0.886. The highest BCUT2D eigenvalue weighted by Crippen LogP contribution is 1.97. The molecule has 138 valence electrons. The Morgan fingerprint density at radius 3 is 0.833 bits per heavy atom. The molecule has 0 aliphatic rings. The molecule has 0 saturated heterocycles. The zero-order valence-electron chi connectivity index (χ0n) is 17.6. The third kappa shape index (κ3) is 20.4. The number of aryl methyl sites for hydroxylation is 2. The van der Waals surface area contributed by atoms with Crippen LogP contribution in [-0.4, -0.2) is 0 Å². The lowest BCUT2D eigenvalue weighted by Crippen LogP contribution is -1.73. The molecule has 2 aromatic carbocycles. The predicted molar refractivity (Wildman–Crippen MR) is 115 cm³/mol. The highest BCUT2D eigenvalue weighted by Gasteiger charge is 1.80. The van der Waals surface area contributed by atoms with E-state index in [9.17, 15) is 0 Å².